The number of sulfonamides is 1. The molecule has 3 aromatic carbocycles. The fraction of sp³-hybridized carbons (Fsp3) is 0.269. The molecule has 1 aliphatic heterocycles. The van der Waals surface area contributed by atoms with Crippen LogP contribution in [0.2, 0.25) is 0 Å². The third-order valence-corrected chi connectivity index (χ3v) is 7.34. The molecular weight excluding hydrogens is 453 g/mol. The lowest BCUT2D eigenvalue weighted by Crippen LogP contribution is -2.44. The van der Waals surface area contributed by atoms with Crippen molar-refractivity contribution in [2.75, 3.05) is 17.8 Å². The lowest BCUT2D eigenvalue weighted by atomic mass is 10.0. The molecule has 0 unspecified atom stereocenters. The number of halogens is 1. The fourth-order valence-corrected chi connectivity index (χ4v) is 5.17. The predicted octanol–water partition coefficient (Wildman–Crippen LogP) is 4.33. The Hall–Kier alpha value is -3.23. The lowest BCUT2D eigenvalue weighted by molar-refractivity contribution is 0.0909. The van der Waals surface area contributed by atoms with Crippen molar-refractivity contribution in [3.05, 3.63) is 95.3 Å². The average Bonchev–Trinajstić information content (AvgIpc) is 2.82. The predicted molar refractivity (Wildman–Crippen MR) is 131 cm³/mol. The van der Waals surface area contributed by atoms with Gasteiger partial charge in [-0.1, -0.05) is 42.0 Å². The van der Waals surface area contributed by atoms with E-state index in [2.05, 4.69) is 46.1 Å². The smallest absolute Gasteiger partial charge is 0.261 e. The average molecular weight is 482 g/mol. The number of nitrogens with one attached hydrogen (secondary N) is 2. The Morgan fingerprint density at radius 2 is 1.71 bits per heavy atom. The standard InChI is InChI=1S/C26H28FN3O3S/c1-19-5-4-6-20(17-19)18-30-15-13-22(14-16-30)28-26(31)21-9-11-23(12-10-21)34(32,33)29-25-8-3-2-7-24(25)27/h2-12,17,22,29H,13-16,18H2,1H3,(H,28,31). The van der Waals surface area contributed by atoms with Crippen LogP contribution in [0.1, 0.15) is 34.3 Å². The molecule has 1 amide bonds. The van der Waals surface area contributed by atoms with Crippen molar-refractivity contribution < 1.29 is 17.6 Å². The van der Waals surface area contributed by atoms with Crippen LogP contribution in [0.4, 0.5) is 10.1 Å². The van der Waals surface area contributed by atoms with Gasteiger partial charge in [0.1, 0.15) is 5.82 Å². The summed E-state index contributed by atoms with van der Waals surface area (Å²) in [5, 5.41) is 3.05. The molecular formula is C26H28FN3O3S. The quantitative estimate of drug-likeness (QED) is 0.527. The summed E-state index contributed by atoms with van der Waals surface area (Å²) in [5.74, 6) is -0.893. The molecule has 6 nitrogen and oxygen atoms in total. The molecule has 1 fully saturated rings. The molecule has 2 N–H and O–H groups in total. The molecule has 0 aliphatic carbocycles. The molecule has 0 aromatic heterocycles. The summed E-state index contributed by atoms with van der Waals surface area (Å²) in [4.78, 5) is 15.0. The van der Waals surface area contributed by atoms with E-state index in [9.17, 15) is 17.6 Å². The van der Waals surface area contributed by atoms with Crippen LogP contribution in [-0.4, -0.2) is 38.4 Å². The van der Waals surface area contributed by atoms with E-state index in [1.54, 1.807) is 6.07 Å². The van der Waals surface area contributed by atoms with Crippen LogP contribution in [0, 0.1) is 12.7 Å². The molecule has 8 heteroatoms. The fourth-order valence-electron chi connectivity index (χ4n) is 4.11. The minimum atomic E-state index is -3.97. The number of anilines is 1. The topological polar surface area (TPSA) is 78.5 Å². The summed E-state index contributed by atoms with van der Waals surface area (Å²) in [6, 6.07) is 19.8. The van der Waals surface area contributed by atoms with Gasteiger partial charge in [0.2, 0.25) is 0 Å². The van der Waals surface area contributed by atoms with Crippen molar-refractivity contribution in [1.29, 1.82) is 0 Å². The number of rotatable bonds is 7. The van der Waals surface area contributed by atoms with Gasteiger partial charge in [0.25, 0.3) is 15.9 Å². The molecule has 34 heavy (non-hydrogen) atoms. The summed E-state index contributed by atoms with van der Waals surface area (Å²) >= 11 is 0. The minimum Gasteiger partial charge on any atom is -0.349 e. The van der Waals surface area contributed by atoms with Crippen LogP contribution in [-0.2, 0) is 16.6 Å². The number of aryl methyl sites for hydroxylation is 1. The van der Waals surface area contributed by atoms with Crippen molar-refractivity contribution in [1.82, 2.24) is 10.2 Å². The van der Waals surface area contributed by atoms with E-state index in [4.69, 9.17) is 0 Å². The first-order chi connectivity index (χ1) is 16.3. The zero-order valence-corrected chi connectivity index (χ0v) is 19.8. The van der Waals surface area contributed by atoms with Crippen LogP contribution in [0.15, 0.2) is 77.7 Å². The summed E-state index contributed by atoms with van der Waals surface area (Å²) in [5.41, 5.74) is 2.80. The molecule has 1 aliphatic rings. The van der Waals surface area contributed by atoms with Crippen molar-refractivity contribution >= 4 is 21.6 Å². The van der Waals surface area contributed by atoms with E-state index >= 15 is 0 Å². The number of hydrogen-bond donors (Lipinski definition) is 2. The van der Waals surface area contributed by atoms with Gasteiger partial charge in [-0.3, -0.25) is 14.4 Å². The van der Waals surface area contributed by atoms with Gasteiger partial charge in [-0.15, -0.1) is 0 Å². The minimum absolute atomic E-state index is 0.0447. The van der Waals surface area contributed by atoms with Crippen molar-refractivity contribution in [2.45, 2.75) is 37.2 Å². The second-order valence-electron chi connectivity index (χ2n) is 8.62. The van der Waals surface area contributed by atoms with Gasteiger partial charge in [0, 0.05) is 31.2 Å². The maximum Gasteiger partial charge on any atom is 0.261 e. The molecule has 0 radical (unpaired) electrons. The largest absolute Gasteiger partial charge is 0.349 e. The molecule has 0 spiro atoms. The molecule has 3 aromatic rings. The molecule has 178 valence electrons. The van der Waals surface area contributed by atoms with E-state index in [0.29, 0.717) is 5.56 Å². The number of nitrogens with zero attached hydrogens (tertiary/aromatic N) is 1. The second-order valence-corrected chi connectivity index (χ2v) is 10.3. The number of para-hydroxylation sites is 1. The zero-order chi connectivity index (χ0) is 24.1. The monoisotopic (exact) mass is 481 g/mol. The highest BCUT2D eigenvalue weighted by molar-refractivity contribution is 7.92. The van der Waals surface area contributed by atoms with Gasteiger partial charge in [-0.2, -0.15) is 0 Å². The molecule has 0 atom stereocenters. The Balaban J connectivity index is 1.30. The lowest BCUT2D eigenvalue weighted by Gasteiger charge is -2.32. The number of carbonyl (C=O) groups is 1. The van der Waals surface area contributed by atoms with E-state index in [1.165, 1.54) is 53.6 Å². The third-order valence-electron chi connectivity index (χ3n) is 5.96. The van der Waals surface area contributed by atoms with Gasteiger partial charge in [0.05, 0.1) is 10.6 Å². The number of hydrogen-bond acceptors (Lipinski definition) is 4. The van der Waals surface area contributed by atoms with Gasteiger partial charge < -0.3 is 5.32 Å². The molecule has 1 saturated heterocycles. The Morgan fingerprint density at radius 3 is 2.38 bits per heavy atom. The maximum absolute atomic E-state index is 13.8. The summed E-state index contributed by atoms with van der Waals surface area (Å²) in [7, 11) is -3.97. The number of amides is 1. The van der Waals surface area contributed by atoms with E-state index in [1.807, 2.05) is 0 Å². The summed E-state index contributed by atoms with van der Waals surface area (Å²) in [6.07, 6.45) is 1.72. The molecule has 1 heterocycles. The summed E-state index contributed by atoms with van der Waals surface area (Å²) in [6.45, 7) is 4.79. The molecule has 4 rings (SSSR count). The Morgan fingerprint density at radius 1 is 1.00 bits per heavy atom. The summed E-state index contributed by atoms with van der Waals surface area (Å²) < 4.78 is 41.1. The van der Waals surface area contributed by atoms with Crippen molar-refractivity contribution in [3.63, 3.8) is 0 Å². The van der Waals surface area contributed by atoms with Gasteiger partial charge in [-0.05, 0) is 61.7 Å². The second kappa shape index (κ2) is 10.4. The van der Waals surface area contributed by atoms with E-state index in [0.717, 1.165) is 32.5 Å². The van der Waals surface area contributed by atoms with Crippen LogP contribution < -0.4 is 10.0 Å². The highest BCUT2D eigenvalue weighted by atomic mass is 32.2. The Kier molecular flexibility index (Phi) is 7.29. The molecule has 0 bridgehead atoms. The number of carbonyl (C=O) groups excluding carboxylic acids is 1. The number of likely N-dealkylation sites (tertiary alicyclic amines) is 1. The normalized spacial score (nSPS) is 15.1. The molecule has 0 saturated carbocycles. The highest BCUT2D eigenvalue weighted by Crippen LogP contribution is 2.20. The third kappa shape index (κ3) is 6.01. The Labute approximate surface area is 199 Å². The van der Waals surface area contributed by atoms with Crippen LogP contribution in [0.5, 0.6) is 0 Å². The van der Waals surface area contributed by atoms with Crippen LogP contribution in [0.3, 0.4) is 0 Å². The van der Waals surface area contributed by atoms with Gasteiger partial charge in [-0.25, -0.2) is 12.8 Å². The van der Waals surface area contributed by atoms with Crippen LogP contribution >= 0.6 is 0 Å². The Bertz CT molecular complexity index is 1250. The number of benzene rings is 3. The first-order valence-electron chi connectivity index (χ1n) is 11.3. The first kappa shape index (κ1) is 23.9. The first-order valence-corrected chi connectivity index (χ1v) is 12.7. The van der Waals surface area contributed by atoms with E-state index in [-0.39, 0.29) is 22.5 Å². The highest BCUT2D eigenvalue weighted by Gasteiger charge is 2.22. The SMILES string of the molecule is Cc1cccc(CN2CCC(NC(=O)c3ccc(S(=O)(=O)Nc4ccccc4F)cc3)CC2)c1. The van der Waals surface area contributed by atoms with E-state index < -0.39 is 15.8 Å². The van der Waals surface area contributed by atoms with Gasteiger partial charge in [0.15, 0.2) is 0 Å². The zero-order valence-electron chi connectivity index (χ0n) is 19.0. The maximum atomic E-state index is 13.8. The van der Waals surface area contributed by atoms with Crippen molar-refractivity contribution in [2.24, 2.45) is 0 Å². The van der Waals surface area contributed by atoms with Crippen molar-refractivity contribution in [3.8, 4) is 0 Å². The van der Waals surface area contributed by atoms with Crippen LogP contribution in [0.25, 0.3) is 0 Å². The van der Waals surface area contributed by atoms with Gasteiger partial charge >= 0.3 is 0 Å². The number of piperidine rings is 1.